The van der Waals surface area contributed by atoms with E-state index in [1.54, 1.807) is 12.1 Å². The lowest BCUT2D eigenvalue weighted by Crippen LogP contribution is -2.16. The van der Waals surface area contributed by atoms with E-state index in [9.17, 15) is 9.90 Å². The summed E-state index contributed by atoms with van der Waals surface area (Å²) in [4.78, 5) is 12.0. The van der Waals surface area contributed by atoms with Gasteiger partial charge in [-0.3, -0.25) is 4.79 Å². The number of carbonyl (C=O) groups excluding carboxylic acids is 1. The van der Waals surface area contributed by atoms with Gasteiger partial charge in [0.1, 0.15) is 5.75 Å². The third-order valence-electron chi connectivity index (χ3n) is 3.92. The number of aliphatic hydroxyl groups excluding tert-OH is 1. The Hall–Kier alpha value is -2.13. The molecule has 2 aromatic rings. The average molecular weight is 312 g/mol. The van der Waals surface area contributed by atoms with Crippen molar-refractivity contribution >= 4 is 5.97 Å². The van der Waals surface area contributed by atoms with Gasteiger partial charge in [0.25, 0.3) is 0 Å². The summed E-state index contributed by atoms with van der Waals surface area (Å²) in [7, 11) is 0. The van der Waals surface area contributed by atoms with Crippen LogP contribution in [0.25, 0.3) is 0 Å². The van der Waals surface area contributed by atoms with Crippen molar-refractivity contribution in [2.45, 2.75) is 39.7 Å². The maximum atomic E-state index is 12.0. The predicted octanol–water partition coefficient (Wildman–Crippen LogP) is 4.28. The molecular formula is C20H24O3. The Morgan fingerprint density at radius 3 is 2.39 bits per heavy atom. The minimum absolute atomic E-state index is 0.0311. The molecule has 0 radical (unpaired) electrons. The molecule has 0 aliphatic carbocycles. The Morgan fingerprint density at radius 1 is 1.13 bits per heavy atom. The van der Waals surface area contributed by atoms with Gasteiger partial charge in [-0.05, 0) is 29.7 Å². The van der Waals surface area contributed by atoms with Gasteiger partial charge in [-0.25, -0.2) is 0 Å². The van der Waals surface area contributed by atoms with Crippen LogP contribution < -0.4 is 4.74 Å². The Bertz CT molecular complexity index is 647. The number of aliphatic hydroxyl groups is 1. The third kappa shape index (κ3) is 4.20. The van der Waals surface area contributed by atoms with Crippen molar-refractivity contribution in [1.29, 1.82) is 0 Å². The lowest BCUT2D eigenvalue weighted by molar-refractivity contribution is -0.137. The van der Waals surface area contributed by atoms with Crippen molar-refractivity contribution in [2.24, 2.45) is 5.92 Å². The highest BCUT2D eigenvalue weighted by atomic mass is 16.5. The van der Waals surface area contributed by atoms with Crippen LogP contribution in [0, 0.1) is 5.92 Å². The zero-order chi connectivity index (χ0) is 16.8. The fourth-order valence-electron chi connectivity index (χ4n) is 2.61. The highest BCUT2D eigenvalue weighted by molar-refractivity contribution is 5.75. The van der Waals surface area contributed by atoms with E-state index in [4.69, 9.17) is 4.74 Å². The van der Waals surface area contributed by atoms with Crippen LogP contribution in [0.1, 0.15) is 49.8 Å². The van der Waals surface area contributed by atoms with Gasteiger partial charge in [0.15, 0.2) is 0 Å². The molecule has 0 saturated carbocycles. The van der Waals surface area contributed by atoms with Crippen molar-refractivity contribution in [3.05, 3.63) is 65.2 Å². The lowest BCUT2D eigenvalue weighted by Gasteiger charge is -2.20. The van der Waals surface area contributed by atoms with E-state index < -0.39 is 0 Å². The van der Waals surface area contributed by atoms with Crippen molar-refractivity contribution in [3.63, 3.8) is 0 Å². The van der Waals surface area contributed by atoms with Crippen LogP contribution in [0.2, 0.25) is 0 Å². The van der Waals surface area contributed by atoms with E-state index in [0.29, 0.717) is 5.75 Å². The molecule has 1 atom stereocenters. The molecule has 122 valence electrons. The molecule has 0 saturated heterocycles. The minimum atomic E-state index is -0.245. The molecule has 0 aliphatic heterocycles. The van der Waals surface area contributed by atoms with Gasteiger partial charge >= 0.3 is 5.97 Å². The first kappa shape index (κ1) is 17.2. The van der Waals surface area contributed by atoms with Crippen LogP contribution in [0.4, 0.5) is 0 Å². The Balaban J connectivity index is 2.46. The summed E-state index contributed by atoms with van der Waals surface area (Å²) in [5.74, 6) is 0.275. The molecule has 3 heteroatoms. The molecule has 2 rings (SSSR count). The molecule has 0 heterocycles. The fourth-order valence-corrected chi connectivity index (χ4v) is 2.61. The van der Waals surface area contributed by atoms with Gasteiger partial charge in [0.05, 0.1) is 12.5 Å². The second-order valence-corrected chi connectivity index (χ2v) is 5.98. The first-order valence-electron chi connectivity index (χ1n) is 8.07. The maximum absolute atomic E-state index is 12.0. The molecule has 3 nitrogen and oxygen atoms in total. The van der Waals surface area contributed by atoms with Crippen molar-refractivity contribution in [1.82, 2.24) is 0 Å². The second-order valence-electron chi connectivity index (χ2n) is 5.98. The number of hydrogen-bond acceptors (Lipinski definition) is 3. The monoisotopic (exact) mass is 312 g/mol. The summed E-state index contributed by atoms with van der Waals surface area (Å²) in [6.07, 6.45) is 0.880. The largest absolute Gasteiger partial charge is 0.426 e. The molecule has 1 N–H and O–H groups in total. The van der Waals surface area contributed by atoms with Crippen LogP contribution in [0.5, 0.6) is 5.75 Å². The zero-order valence-corrected chi connectivity index (χ0v) is 14.0. The molecule has 0 bridgehead atoms. The molecule has 0 aromatic heterocycles. The van der Waals surface area contributed by atoms with Gasteiger partial charge in [-0.2, -0.15) is 0 Å². The topological polar surface area (TPSA) is 46.5 Å². The van der Waals surface area contributed by atoms with Gasteiger partial charge in [0.2, 0.25) is 0 Å². The van der Waals surface area contributed by atoms with E-state index in [0.717, 1.165) is 17.5 Å². The van der Waals surface area contributed by atoms with Crippen LogP contribution in [0.15, 0.2) is 48.5 Å². The number of ether oxygens (including phenoxy) is 1. The summed E-state index contributed by atoms with van der Waals surface area (Å²) in [5, 5.41) is 9.44. The standard InChI is InChI=1S/C20H24O3/c1-4-17(16-8-6-5-7-9-16)18-12-15(13-21)10-11-19(18)23-20(22)14(2)3/h5-12,14,17,21H,4,13H2,1-3H3. The van der Waals surface area contributed by atoms with Gasteiger partial charge in [-0.15, -0.1) is 0 Å². The SMILES string of the molecule is CCC(c1ccccc1)c1cc(CO)ccc1OC(=O)C(C)C. The van der Waals surface area contributed by atoms with Crippen LogP contribution in [-0.2, 0) is 11.4 Å². The van der Waals surface area contributed by atoms with Crippen LogP contribution in [0.3, 0.4) is 0 Å². The molecular weight excluding hydrogens is 288 g/mol. The number of esters is 1. The minimum Gasteiger partial charge on any atom is -0.426 e. The quantitative estimate of drug-likeness (QED) is 0.639. The zero-order valence-electron chi connectivity index (χ0n) is 14.0. The van der Waals surface area contributed by atoms with E-state index in [2.05, 4.69) is 19.1 Å². The molecule has 2 aromatic carbocycles. The molecule has 23 heavy (non-hydrogen) atoms. The predicted molar refractivity (Wildman–Crippen MR) is 91.4 cm³/mol. The fraction of sp³-hybridized carbons (Fsp3) is 0.350. The summed E-state index contributed by atoms with van der Waals surface area (Å²) >= 11 is 0. The number of hydrogen-bond donors (Lipinski definition) is 1. The third-order valence-corrected chi connectivity index (χ3v) is 3.92. The maximum Gasteiger partial charge on any atom is 0.313 e. The molecule has 0 amide bonds. The summed E-state index contributed by atoms with van der Waals surface area (Å²) in [6, 6.07) is 15.7. The van der Waals surface area contributed by atoms with Crippen LogP contribution in [-0.4, -0.2) is 11.1 Å². The van der Waals surface area contributed by atoms with Crippen molar-refractivity contribution in [3.8, 4) is 5.75 Å². The van der Waals surface area contributed by atoms with Crippen molar-refractivity contribution < 1.29 is 14.6 Å². The first-order valence-corrected chi connectivity index (χ1v) is 8.07. The molecule has 0 fully saturated rings. The Kier molecular flexibility index (Phi) is 5.94. The van der Waals surface area contributed by atoms with E-state index in [1.165, 1.54) is 5.56 Å². The second kappa shape index (κ2) is 7.93. The summed E-state index contributed by atoms with van der Waals surface area (Å²) in [6.45, 7) is 5.71. The normalized spacial score (nSPS) is 12.2. The van der Waals surface area contributed by atoms with E-state index >= 15 is 0 Å². The molecule has 0 spiro atoms. The Morgan fingerprint density at radius 2 is 1.83 bits per heavy atom. The molecule has 0 aliphatic rings. The number of benzene rings is 2. The highest BCUT2D eigenvalue weighted by Gasteiger charge is 2.20. The summed E-state index contributed by atoms with van der Waals surface area (Å²) < 4.78 is 5.59. The van der Waals surface area contributed by atoms with Gasteiger partial charge < -0.3 is 9.84 Å². The number of rotatable bonds is 6. The van der Waals surface area contributed by atoms with Crippen LogP contribution >= 0.6 is 0 Å². The molecule has 1 unspecified atom stereocenters. The average Bonchev–Trinajstić information content (AvgIpc) is 2.57. The Labute approximate surface area is 137 Å². The lowest BCUT2D eigenvalue weighted by atomic mass is 9.87. The smallest absolute Gasteiger partial charge is 0.313 e. The van der Waals surface area contributed by atoms with Crippen molar-refractivity contribution in [2.75, 3.05) is 0 Å². The van der Waals surface area contributed by atoms with Gasteiger partial charge in [0, 0.05) is 11.5 Å². The highest BCUT2D eigenvalue weighted by Crippen LogP contribution is 2.35. The van der Waals surface area contributed by atoms with Gasteiger partial charge in [-0.1, -0.05) is 57.2 Å². The first-order chi connectivity index (χ1) is 11.1. The van der Waals surface area contributed by atoms with E-state index in [1.807, 2.05) is 38.1 Å². The number of carbonyl (C=O) groups is 1. The summed E-state index contributed by atoms with van der Waals surface area (Å²) in [5.41, 5.74) is 2.94. The van der Waals surface area contributed by atoms with E-state index in [-0.39, 0.29) is 24.4 Å².